The number of rotatable bonds is 29. The van der Waals surface area contributed by atoms with Gasteiger partial charge in [0.1, 0.15) is 24.3 Å². The molecule has 0 aliphatic carbocycles. The van der Waals surface area contributed by atoms with Crippen molar-refractivity contribution >= 4 is 52.6 Å². The first kappa shape index (κ1) is 72.6. The van der Waals surface area contributed by atoms with Crippen LogP contribution in [-0.4, -0.2) is 152 Å². The van der Waals surface area contributed by atoms with Gasteiger partial charge in [-0.25, -0.2) is 0 Å². The molecule has 496 valence electrons. The van der Waals surface area contributed by atoms with Crippen LogP contribution >= 0.6 is 0 Å². The molecule has 0 spiro atoms. The Morgan fingerprint density at radius 2 is 0.870 bits per heavy atom. The van der Waals surface area contributed by atoms with Gasteiger partial charge in [0.05, 0.1) is 56.3 Å². The molecule has 1 N–H and O–H groups in total. The third kappa shape index (κ3) is 21.6. The van der Waals surface area contributed by atoms with Crippen molar-refractivity contribution < 1.29 is 55.5 Å². The van der Waals surface area contributed by atoms with E-state index >= 15 is 0 Å². The van der Waals surface area contributed by atoms with Crippen LogP contribution in [0.1, 0.15) is 118 Å². The summed E-state index contributed by atoms with van der Waals surface area (Å²) in [4.78, 5) is 60.3. The van der Waals surface area contributed by atoms with Gasteiger partial charge in [-0.15, -0.1) is 0 Å². The van der Waals surface area contributed by atoms with Crippen molar-refractivity contribution in [3.63, 3.8) is 0 Å². The van der Waals surface area contributed by atoms with E-state index in [0.717, 1.165) is 22.3 Å². The molecule has 92 heavy (non-hydrogen) atoms. The summed E-state index contributed by atoms with van der Waals surface area (Å²) in [5.41, 5.74) is 2.48. The number of nitrogens with zero attached hydrogens (tertiary/aromatic N) is 4. The van der Waals surface area contributed by atoms with Crippen LogP contribution in [0.2, 0.25) is 5.04 Å². The standard InChI is InChI=1S/C49H66N2O8SSi.C25H32N2O4/c1-47(2,3)59-45(52)36-51-41(33-44(46(51)53)50(34-39-21-13-9-14-22-39)35-40-23-15-10-16-24-40)37-56-31-32-60(54,55)57-38-49(7,8)29-30-58-61(48(4,5)6,42-25-17-11-18-26-42)43-27-19-12-20-28-43;1-25(2,3)31-23(29)17-27-21(18-28)14-22(24(27)30)26(15-19-10-6-4-7-11-19)16-20-12-8-5-9-13-20/h9-28,41,44H,29-38H2,1-8H3;4-13,21-22,28H,14-18H2,1-3H3/t41-,44-;21-,22-/m00/s1. The van der Waals surface area contributed by atoms with E-state index < -0.39 is 71.2 Å². The van der Waals surface area contributed by atoms with Gasteiger partial charge in [-0.1, -0.05) is 217 Å². The predicted molar refractivity (Wildman–Crippen MR) is 363 cm³/mol. The molecule has 0 aromatic heterocycles. The quantitative estimate of drug-likeness (QED) is 0.0203. The lowest BCUT2D eigenvalue weighted by atomic mass is 9.91. The van der Waals surface area contributed by atoms with E-state index in [0.29, 0.717) is 52.0 Å². The number of amides is 2. The third-order valence-electron chi connectivity index (χ3n) is 16.4. The van der Waals surface area contributed by atoms with Crippen molar-refractivity contribution in [3.8, 4) is 0 Å². The summed E-state index contributed by atoms with van der Waals surface area (Å²) < 4.78 is 56.1. The summed E-state index contributed by atoms with van der Waals surface area (Å²) in [5.74, 6) is -1.66. The number of carbonyl (C=O) groups is 4. The van der Waals surface area contributed by atoms with Crippen LogP contribution in [0.4, 0.5) is 0 Å². The Balaban J connectivity index is 0.000000323. The SMILES string of the molecule is CC(C)(C)OC(=O)CN1C(=O)[C@@H](N(Cc2ccccc2)Cc2ccccc2)C[C@H]1CO.CC(C)(CCO[Si](c1ccccc1)(c1ccccc1)C(C)(C)C)COS(=O)(=O)CCOC[C@@H]1C[C@H](N(Cc2ccccc2)Cc2ccccc2)C(=O)N1CC(=O)OC(C)(C)C. The lowest BCUT2D eigenvalue weighted by Gasteiger charge is -2.43. The van der Waals surface area contributed by atoms with Gasteiger partial charge in [0.25, 0.3) is 18.4 Å². The Kier molecular flexibility index (Phi) is 25.9. The number of aliphatic hydroxyl groups is 1. The topological polar surface area (TPSA) is 182 Å². The number of carbonyl (C=O) groups excluding carboxylic acids is 4. The van der Waals surface area contributed by atoms with E-state index in [9.17, 15) is 32.7 Å². The maximum Gasteiger partial charge on any atom is 0.326 e. The summed E-state index contributed by atoms with van der Waals surface area (Å²) in [6.45, 7) is 23.4. The van der Waals surface area contributed by atoms with E-state index in [1.54, 1.807) is 41.5 Å². The second-order valence-electron chi connectivity index (χ2n) is 27.9. The third-order valence-corrected chi connectivity index (χ3v) is 22.6. The number of aliphatic hydroxyl groups excluding tert-OH is 1. The van der Waals surface area contributed by atoms with E-state index in [-0.39, 0.29) is 62.1 Å². The van der Waals surface area contributed by atoms with Gasteiger partial charge < -0.3 is 33.5 Å². The zero-order valence-corrected chi connectivity index (χ0v) is 57.7. The number of likely N-dealkylation sites (tertiary alicyclic amines) is 2. The molecule has 0 bridgehead atoms. The highest BCUT2D eigenvalue weighted by molar-refractivity contribution is 7.86. The average molecular weight is 1300 g/mol. The highest BCUT2D eigenvalue weighted by Crippen LogP contribution is 2.38. The van der Waals surface area contributed by atoms with Crippen molar-refractivity contribution in [1.29, 1.82) is 0 Å². The molecule has 16 nitrogen and oxygen atoms in total. The molecule has 2 saturated heterocycles. The fraction of sp³-hybridized carbons (Fsp3) is 0.459. The first-order valence-corrected chi connectivity index (χ1v) is 35.5. The fourth-order valence-electron chi connectivity index (χ4n) is 11.9. The Morgan fingerprint density at radius 1 is 0.522 bits per heavy atom. The maximum atomic E-state index is 14.2. The number of hydrogen-bond acceptors (Lipinski definition) is 14. The molecule has 2 aliphatic rings. The molecular formula is C74H98N4O12SSi. The highest BCUT2D eigenvalue weighted by atomic mass is 32.2. The maximum absolute atomic E-state index is 14.2. The van der Waals surface area contributed by atoms with E-state index in [2.05, 4.69) is 79.1 Å². The van der Waals surface area contributed by atoms with Crippen LogP contribution < -0.4 is 10.4 Å². The van der Waals surface area contributed by atoms with Crippen LogP contribution in [0, 0.1) is 5.41 Å². The molecule has 0 saturated carbocycles. The molecule has 2 amide bonds. The summed E-state index contributed by atoms with van der Waals surface area (Å²) >= 11 is 0. The Labute approximate surface area is 548 Å². The molecular weight excluding hydrogens is 1200 g/mol. The summed E-state index contributed by atoms with van der Waals surface area (Å²) in [6, 6.07) is 59.0. The van der Waals surface area contributed by atoms with Crippen molar-refractivity contribution in [3.05, 3.63) is 204 Å². The molecule has 0 radical (unpaired) electrons. The van der Waals surface area contributed by atoms with Crippen molar-refractivity contribution in [2.24, 2.45) is 5.41 Å². The smallest absolute Gasteiger partial charge is 0.326 e. The Morgan fingerprint density at radius 3 is 1.22 bits per heavy atom. The number of esters is 2. The van der Waals surface area contributed by atoms with Crippen LogP contribution in [0.25, 0.3) is 0 Å². The normalized spacial score (nSPS) is 17.5. The second-order valence-corrected chi connectivity index (χ2v) is 33.9. The van der Waals surface area contributed by atoms with Crippen LogP contribution in [-0.2, 0) is 78.3 Å². The van der Waals surface area contributed by atoms with Gasteiger partial charge in [0.2, 0.25) is 11.8 Å². The summed E-state index contributed by atoms with van der Waals surface area (Å²) in [6.07, 6.45) is 1.45. The second kappa shape index (κ2) is 32.8. The van der Waals surface area contributed by atoms with Gasteiger partial charge in [-0.2, -0.15) is 8.42 Å². The molecule has 6 aromatic carbocycles. The monoisotopic (exact) mass is 1290 g/mol. The minimum Gasteiger partial charge on any atom is -0.459 e. The van der Waals surface area contributed by atoms with Gasteiger partial charge in [-0.3, -0.25) is 33.2 Å². The van der Waals surface area contributed by atoms with Crippen LogP contribution in [0.15, 0.2) is 182 Å². The van der Waals surface area contributed by atoms with Gasteiger partial charge in [-0.05, 0) is 104 Å². The van der Waals surface area contributed by atoms with Gasteiger partial charge >= 0.3 is 11.9 Å². The molecule has 8 rings (SSSR count). The summed E-state index contributed by atoms with van der Waals surface area (Å²) in [7, 11) is -6.70. The predicted octanol–water partition coefficient (Wildman–Crippen LogP) is 10.3. The molecule has 4 atom stereocenters. The molecule has 0 unspecified atom stereocenters. The van der Waals surface area contributed by atoms with Crippen molar-refractivity contribution in [2.75, 3.05) is 51.9 Å². The zero-order valence-electron chi connectivity index (χ0n) is 55.9. The van der Waals surface area contributed by atoms with Crippen LogP contribution in [0.5, 0.6) is 0 Å². The number of ether oxygens (including phenoxy) is 3. The average Bonchev–Trinajstić information content (AvgIpc) is 1.04. The highest BCUT2D eigenvalue weighted by Gasteiger charge is 2.51. The zero-order chi connectivity index (χ0) is 66.7. The first-order chi connectivity index (χ1) is 43.5. The Hall–Kier alpha value is -6.87. The summed E-state index contributed by atoms with van der Waals surface area (Å²) in [5, 5.41) is 12.1. The molecule has 2 fully saturated rings. The minimum absolute atomic E-state index is 0.0133. The molecule has 18 heteroatoms. The lowest BCUT2D eigenvalue weighted by molar-refractivity contribution is -0.160. The van der Waals surface area contributed by atoms with E-state index in [1.165, 1.54) is 20.2 Å². The molecule has 2 heterocycles. The first-order valence-electron chi connectivity index (χ1n) is 32.0. The number of benzene rings is 6. The number of hydrogen-bond donors (Lipinski definition) is 1. The van der Waals surface area contributed by atoms with Crippen molar-refractivity contribution in [2.45, 2.75) is 162 Å². The van der Waals surface area contributed by atoms with Crippen molar-refractivity contribution in [1.82, 2.24) is 19.6 Å². The van der Waals surface area contributed by atoms with Crippen LogP contribution in [0.3, 0.4) is 0 Å². The lowest BCUT2D eigenvalue weighted by Crippen LogP contribution is -2.66. The minimum atomic E-state index is -3.95. The largest absolute Gasteiger partial charge is 0.459 e. The van der Waals surface area contributed by atoms with Gasteiger partial charge in [0, 0.05) is 32.8 Å². The Bertz CT molecular complexity index is 3240. The molecule has 2 aliphatic heterocycles. The van der Waals surface area contributed by atoms with E-state index in [1.807, 2.05) is 147 Å². The van der Waals surface area contributed by atoms with E-state index in [4.69, 9.17) is 22.8 Å². The van der Waals surface area contributed by atoms with Gasteiger partial charge in [0.15, 0.2) is 0 Å². The molecule has 6 aromatic rings. The fourth-order valence-corrected chi connectivity index (χ4v) is 17.4.